The van der Waals surface area contributed by atoms with Crippen molar-refractivity contribution in [3.63, 3.8) is 0 Å². The van der Waals surface area contributed by atoms with Gasteiger partial charge in [0.2, 0.25) is 0 Å². The van der Waals surface area contributed by atoms with Crippen LogP contribution in [0.25, 0.3) is 0 Å². The summed E-state index contributed by atoms with van der Waals surface area (Å²) in [6.07, 6.45) is 8.11. The predicted molar refractivity (Wildman–Crippen MR) is 67.7 cm³/mol. The summed E-state index contributed by atoms with van der Waals surface area (Å²) in [6, 6.07) is 0. The van der Waals surface area contributed by atoms with Gasteiger partial charge in [0.05, 0.1) is 6.10 Å². The normalized spacial score (nSPS) is 30.4. The van der Waals surface area contributed by atoms with Crippen molar-refractivity contribution in [2.45, 2.75) is 51.6 Å². The van der Waals surface area contributed by atoms with Crippen LogP contribution in [0.3, 0.4) is 0 Å². The highest BCUT2D eigenvalue weighted by atomic mass is 16.5. The minimum absolute atomic E-state index is 0.262. The lowest BCUT2D eigenvalue weighted by Gasteiger charge is -2.25. The number of methoxy groups -OCH3 is 1. The number of rotatable bonds is 3. The monoisotopic (exact) mass is 224 g/mol. The van der Waals surface area contributed by atoms with Gasteiger partial charge >= 0.3 is 0 Å². The Bertz CT molecular complexity index is 261. The molecule has 2 atom stereocenters. The molecule has 0 bridgehead atoms. The van der Waals surface area contributed by atoms with Crippen LogP contribution >= 0.6 is 0 Å². The second-order valence-electron chi connectivity index (χ2n) is 4.50. The third-order valence-corrected chi connectivity index (χ3v) is 3.55. The van der Waals surface area contributed by atoms with Crippen LogP contribution in [0.1, 0.15) is 45.4 Å². The van der Waals surface area contributed by atoms with E-state index in [1.54, 1.807) is 13.3 Å². The summed E-state index contributed by atoms with van der Waals surface area (Å²) in [6.45, 7) is 2.08. The van der Waals surface area contributed by atoms with E-state index in [-0.39, 0.29) is 5.92 Å². The fourth-order valence-corrected chi connectivity index (χ4v) is 2.43. The molecule has 16 heavy (non-hydrogen) atoms. The zero-order chi connectivity index (χ0) is 12.0. The Morgan fingerprint density at radius 1 is 1.50 bits per heavy atom. The molecule has 0 aliphatic heterocycles. The maximum Gasteiger partial charge on any atom is 0.0574 e. The second kappa shape index (κ2) is 6.69. The lowest BCUT2D eigenvalue weighted by Crippen LogP contribution is -2.20. The molecule has 1 rings (SSSR count). The van der Waals surface area contributed by atoms with Gasteiger partial charge in [0.25, 0.3) is 0 Å². The zero-order valence-electron chi connectivity index (χ0n) is 10.5. The van der Waals surface area contributed by atoms with E-state index >= 15 is 0 Å². The average molecular weight is 224 g/mol. The van der Waals surface area contributed by atoms with E-state index in [9.17, 15) is 0 Å². The molecule has 3 heteroatoms. The Kier molecular flexibility index (Phi) is 5.53. The molecule has 3 N–H and O–H groups in total. The molecular weight excluding hydrogens is 200 g/mol. The molecule has 1 aliphatic carbocycles. The molecule has 0 radical (unpaired) electrons. The van der Waals surface area contributed by atoms with Crippen LogP contribution in [-0.4, -0.2) is 19.4 Å². The molecule has 0 saturated heterocycles. The molecule has 1 fully saturated rings. The largest absolute Gasteiger partial charge is 0.402 e. The topological polar surface area (TPSA) is 59.1 Å². The summed E-state index contributed by atoms with van der Waals surface area (Å²) in [7, 11) is 1.78. The third kappa shape index (κ3) is 3.34. The van der Waals surface area contributed by atoms with E-state index in [4.69, 9.17) is 15.9 Å². The van der Waals surface area contributed by atoms with E-state index in [1.165, 1.54) is 5.57 Å². The van der Waals surface area contributed by atoms with Crippen molar-refractivity contribution >= 4 is 6.21 Å². The first-order chi connectivity index (χ1) is 7.72. The number of hydrogen-bond acceptors (Lipinski definition) is 3. The molecule has 0 amide bonds. The van der Waals surface area contributed by atoms with Crippen LogP contribution in [0, 0.1) is 11.3 Å². The lowest BCUT2D eigenvalue weighted by molar-refractivity contribution is 0.0824. The van der Waals surface area contributed by atoms with Crippen LogP contribution in [0.4, 0.5) is 0 Å². The quantitative estimate of drug-likeness (QED) is 0.724. The SMILES string of the molecule is CC/C(N)=C1\CCC(OC)CCCC1C=N. The maximum atomic E-state index is 7.51. The smallest absolute Gasteiger partial charge is 0.0574 e. The summed E-state index contributed by atoms with van der Waals surface area (Å²) < 4.78 is 5.44. The highest BCUT2D eigenvalue weighted by Gasteiger charge is 2.20. The molecule has 1 saturated carbocycles. The van der Waals surface area contributed by atoms with Gasteiger partial charge in [0.1, 0.15) is 0 Å². The van der Waals surface area contributed by atoms with Gasteiger partial charge < -0.3 is 15.9 Å². The minimum Gasteiger partial charge on any atom is -0.402 e. The van der Waals surface area contributed by atoms with Gasteiger partial charge in [-0.2, -0.15) is 0 Å². The Hall–Kier alpha value is -0.830. The van der Waals surface area contributed by atoms with E-state index in [0.717, 1.165) is 44.2 Å². The van der Waals surface area contributed by atoms with Gasteiger partial charge in [-0.25, -0.2) is 0 Å². The lowest BCUT2D eigenvalue weighted by atomic mass is 9.84. The van der Waals surface area contributed by atoms with Crippen LogP contribution in [0.2, 0.25) is 0 Å². The van der Waals surface area contributed by atoms with E-state index < -0.39 is 0 Å². The molecule has 92 valence electrons. The van der Waals surface area contributed by atoms with Gasteiger partial charge in [0.15, 0.2) is 0 Å². The molecule has 2 unspecified atom stereocenters. The Balaban J connectivity index is 2.79. The summed E-state index contributed by atoms with van der Waals surface area (Å²) in [5.41, 5.74) is 8.31. The number of allylic oxidation sites excluding steroid dienone is 2. The first-order valence-corrected chi connectivity index (χ1v) is 6.23. The minimum atomic E-state index is 0.262. The Morgan fingerprint density at radius 2 is 2.25 bits per heavy atom. The van der Waals surface area contributed by atoms with E-state index in [0.29, 0.717) is 6.10 Å². The van der Waals surface area contributed by atoms with Gasteiger partial charge in [0, 0.05) is 24.9 Å². The zero-order valence-corrected chi connectivity index (χ0v) is 10.5. The highest BCUT2D eigenvalue weighted by molar-refractivity contribution is 5.62. The predicted octanol–water partition coefficient (Wildman–Crippen LogP) is 2.85. The van der Waals surface area contributed by atoms with Crippen molar-refractivity contribution in [1.82, 2.24) is 0 Å². The number of hydrogen-bond donors (Lipinski definition) is 2. The van der Waals surface area contributed by atoms with Crippen molar-refractivity contribution in [2.24, 2.45) is 11.7 Å². The Morgan fingerprint density at radius 3 is 2.81 bits per heavy atom. The van der Waals surface area contributed by atoms with Crippen molar-refractivity contribution in [1.29, 1.82) is 5.41 Å². The first kappa shape index (κ1) is 13.2. The number of nitrogens with one attached hydrogen (secondary N) is 1. The van der Waals surface area contributed by atoms with Crippen LogP contribution in [0.15, 0.2) is 11.3 Å². The van der Waals surface area contributed by atoms with Crippen molar-refractivity contribution in [3.05, 3.63) is 11.3 Å². The highest BCUT2D eigenvalue weighted by Crippen LogP contribution is 2.29. The van der Waals surface area contributed by atoms with Gasteiger partial charge in [-0.05, 0) is 44.1 Å². The summed E-state index contributed by atoms with van der Waals surface area (Å²) in [5.74, 6) is 0.262. The van der Waals surface area contributed by atoms with Crippen molar-refractivity contribution < 1.29 is 4.74 Å². The molecule has 1 aliphatic rings. The van der Waals surface area contributed by atoms with Gasteiger partial charge in [-0.1, -0.05) is 6.92 Å². The molecule has 0 heterocycles. The number of nitrogens with two attached hydrogens (primary N) is 1. The summed E-state index contributed by atoms with van der Waals surface area (Å²) >= 11 is 0. The van der Waals surface area contributed by atoms with Gasteiger partial charge in [-0.15, -0.1) is 0 Å². The average Bonchev–Trinajstić information content (AvgIpc) is 2.29. The van der Waals surface area contributed by atoms with Gasteiger partial charge in [-0.3, -0.25) is 0 Å². The fraction of sp³-hybridized carbons (Fsp3) is 0.769. The Labute approximate surface area is 98.6 Å². The number of ether oxygens (including phenoxy) is 1. The molecule has 0 aromatic rings. The van der Waals surface area contributed by atoms with Crippen LogP contribution < -0.4 is 5.73 Å². The van der Waals surface area contributed by atoms with Crippen molar-refractivity contribution in [3.8, 4) is 0 Å². The fourth-order valence-electron chi connectivity index (χ4n) is 2.43. The van der Waals surface area contributed by atoms with Crippen molar-refractivity contribution in [2.75, 3.05) is 7.11 Å². The molecule has 3 nitrogen and oxygen atoms in total. The van der Waals surface area contributed by atoms with Crippen LogP contribution in [0.5, 0.6) is 0 Å². The second-order valence-corrected chi connectivity index (χ2v) is 4.50. The van der Waals surface area contributed by atoms with E-state index in [2.05, 4.69) is 6.92 Å². The summed E-state index contributed by atoms with van der Waals surface area (Å²) in [5, 5.41) is 7.51. The molecule has 0 spiro atoms. The van der Waals surface area contributed by atoms with E-state index in [1.807, 2.05) is 0 Å². The summed E-state index contributed by atoms with van der Waals surface area (Å²) in [4.78, 5) is 0. The molecular formula is C13H24N2O. The third-order valence-electron chi connectivity index (χ3n) is 3.55. The first-order valence-electron chi connectivity index (χ1n) is 6.23. The standard InChI is InChI=1S/C13H24N2O/c1-3-13(15)12-8-7-11(16-2)6-4-5-10(12)9-14/h9-11,14H,3-8,15H2,1-2H3/b13-12-,14-9?. The van der Waals surface area contributed by atoms with Crippen LogP contribution in [-0.2, 0) is 4.74 Å². The molecule has 0 aromatic heterocycles. The maximum absolute atomic E-state index is 7.51. The molecule has 0 aromatic carbocycles.